The largest absolute Gasteiger partial charge is 0.469 e. The highest BCUT2D eigenvalue weighted by atomic mass is 28.4. The van der Waals surface area contributed by atoms with Crippen LogP contribution in [0.5, 0.6) is 0 Å². The highest BCUT2D eigenvalue weighted by molar-refractivity contribution is 6.74. The standard InChI is InChI=1S/C24H42O4Si/c1-16-14-24-12-9-20(28-29(7,8)22(2,3)4)23(5,11-10-21(26)27-6)19(24)13-18(25)17(16)15-24/h17-20,25H,1,9-15H2,2-8H3/t17-,18-,19+,20+,23+,24-/m1/s1. The fourth-order valence-corrected chi connectivity index (χ4v) is 7.86. The Balaban J connectivity index is 1.95. The minimum absolute atomic E-state index is 0.126. The highest BCUT2D eigenvalue weighted by Crippen LogP contribution is 2.68. The maximum atomic E-state index is 12.1. The Bertz CT molecular complexity index is 666. The Labute approximate surface area is 178 Å². The Morgan fingerprint density at radius 2 is 2.00 bits per heavy atom. The Morgan fingerprint density at radius 3 is 2.59 bits per heavy atom. The van der Waals surface area contributed by atoms with Crippen LogP contribution in [0.15, 0.2) is 12.2 Å². The van der Waals surface area contributed by atoms with E-state index in [4.69, 9.17) is 9.16 Å². The molecule has 0 unspecified atom stereocenters. The Hall–Kier alpha value is -0.653. The molecule has 3 aliphatic carbocycles. The van der Waals surface area contributed by atoms with Crippen molar-refractivity contribution < 1.29 is 19.1 Å². The lowest BCUT2D eigenvalue weighted by Gasteiger charge is -2.60. The van der Waals surface area contributed by atoms with Gasteiger partial charge in [-0.2, -0.15) is 0 Å². The van der Waals surface area contributed by atoms with E-state index in [2.05, 4.69) is 47.4 Å². The van der Waals surface area contributed by atoms with Gasteiger partial charge in [-0.3, -0.25) is 4.79 Å². The molecule has 3 aliphatic rings. The van der Waals surface area contributed by atoms with E-state index in [1.165, 1.54) is 12.7 Å². The van der Waals surface area contributed by atoms with Gasteiger partial charge in [0.2, 0.25) is 0 Å². The van der Waals surface area contributed by atoms with Gasteiger partial charge in [-0.1, -0.05) is 39.8 Å². The van der Waals surface area contributed by atoms with E-state index in [0.29, 0.717) is 12.3 Å². The second-order valence-electron chi connectivity index (χ2n) is 11.9. The van der Waals surface area contributed by atoms with Crippen LogP contribution in [0.1, 0.15) is 72.6 Å². The van der Waals surface area contributed by atoms with E-state index in [1.807, 2.05) is 0 Å². The van der Waals surface area contributed by atoms with Crippen LogP contribution >= 0.6 is 0 Å². The van der Waals surface area contributed by atoms with E-state index >= 15 is 0 Å². The molecule has 166 valence electrons. The van der Waals surface area contributed by atoms with Crippen LogP contribution in [-0.2, 0) is 14.0 Å². The van der Waals surface area contributed by atoms with Gasteiger partial charge >= 0.3 is 5.97 Å². The zero-order valence-electron chi connectivity index (χ0n) is 19.6. The number of hydrogen-bond acceptors (Lipinski definition) is 4. The first kappa shape index (κ1) is 23.0. The minimum Gasteiger partial charge on any atom is -0.469 e. The molecule has 3 saturated carbocycles. The molecule has 1 spiro atoms. The summed E-state index contributed by atoms with van der Waals surface area (Å²) >= 11 is 0. The predicted octanol–water partition coefficient (Wildman–Crippen LogP) is 5.46. The zero-order chi connectivity index (χ0) is 21.8. The van der Waals surface area contributed by atoms with Gasteiger partial charge in [0.05, 0.1) is 19.3 Å². The number of methoxy groups -OCH3 is 1. The van der Waals surface area contributed by atoms with Gasteiger partial charge < -0.3 is 14.3 Å². The van der Waals surface area contributed by atoms with Gasteiger partial charge in [0, 0.05) is 12.3 Å². The summed E-state index contributed by atoms with van der Waals surface area (Å²) in [7, 11) is -0.488. The molecule has 0 radical (unpaired) electrons. The maximum Gasteiger partial charge on any atom is 0.305 e. The van der Waals surface area contributed by atoms with Crippen LogP contribution in [0.2, 0.25) is 18.1 Å². The third-order valence-corrected chi connectivity index (χ3v) is 13.7. The third kappa shape index (κ3) is 3.87. The highest BCUT2D eigenvalue weighted by Gasteiger charge is 2.63. The van der Waals surface area contributed by atoms with Gasteiger partial charge in [-0.15, -0.1) is 0 Å². The summed E-state index contributed by atoms with van der Waals surface area (Å²) in [5.74, 6) is 0.463. The van der Waals surface area contributed by atoms with E-state index in [9.17, 15) is 9.90 Å². The fraction of sp³-hybridized carbons (Fsp3) is 0.875. The molecule has 0 aromatic carbocycles. The van der Waals surface area contributed by atoms with Crippen molar-refractivity contribution >= 4 is 14.3 Å². The molecule has 4 nitrogen and oxygen atoms in total. The van der Waals surface area contributed by atoms with Gasteiger partial charge in [0.15, 0.2) is 8.32 Å². The van der Waals surface area contributed by atoms with E-state index < -0.39 is 8.32 Å². The molecule has 3 fully saturated rings. The number of carbonyl (C=O) groups excluding carboxylic acids is 1. The summed E-state index contributed by atoms with van der Waals surface area (Å²) in [5.41, 5.74) is 1.32. The van der Waals surface area contributed by atoms with Crippen LogP contribution in [0.4, 0.5) is 0 Å². The van der Waals surface area contributed by atoms with Crippen molar-refractivity contribution in [3.05, 3.63) is 12.2 Å². The Kier molecular flexibility index (Phi) is 5.94. The van der Waals surface area contributed by atoms with Crippen molar-refractivity contribution in [3.8, 4) is 0 Å². The van der Waals surface area contributed by atoms with Gasteiger partial charge in [-0.05, 0) is 73.4 Å². The van der Waals surface area contributed by atoms with Gasteiger partial charge in [0.1, 0.15) is 0 Å². The molecular formula is C24H42O4Si. The number of hydrogen-bond donors (Lipinski definition) is 1. The normalized spacial score (nSPS) is 39.9. The van der Waals surface area contributed by atoms with Crippen molar-refractivity contribution in [1.82, 2.24) is 0 Å². The number of ether oxygens (including phenoxy) is 1. The van der Waals surface area contributed by atoms with Crippen LogP contribution in [0.25, 0.3) is 0 Å². The summed E-state index contributed by atoms with van der Waals surface area (Å²) < 4.78 is 12.0. The van der Waals surface area contributed by atoms with Crippen LogP contribution in [0.3, 0.4) is 0 Å². The molecule has 0 amide bonds. The molecule has 3 rings (SSSR count). The van der Waals surface area contributed by atoms with Crippen molar-refractivity contribution in [1.29, 1.82) is 0 Å². The fourth-order valence-electron chi connectivity index (χ4n) is 6.41. The van der Waals surface area contributed by atoms with Crippen LogP contribution < -0.4 is 0 Å². The first-order chi connectivity index (χ1) is 13.3. The first-order valence-corrected chi connectivity index (χ1v) is 14.3. The van der Waals surface area contributed by atoms with E-state index in [0.717, 1.165) is 38.5 Å². The minimum atomic E-state index is -1.95. The van der Waals surface area contributed by atoms with Crippen LogP contribution in [0, 0.1) is 22.7 Å². The average Bonchev–Trinajstić information content (AvgIpc) is 2.90. The third-order valence-electron chi connectivity index (χ3n) is 9.19. The quantitative estimate of drug-likeness (QED) is 0.363. The lowest BCUT2D eigenvalue weighted by Crippen LogP contribution is -2.58. The number of aliphatic hydroxyl groups is 1. The molecule has 0 aromatic rings. The van der Waals surface area contributed by atoms with Crippen LogP contribution in [-0.4, -0.2) is 38.7 Å². The Morgan fingerprint density at radius 1 is 1.34 bits per heavy atom. The molecule has 29 heavy (non-hydrogen) atoms. The van der Waals surface area contributed by atoms with Gasteiger partial charge in [0.25, 0.3) is 0 Å². The molecule has 2 bridgehead atoms. The molecule has 0 heterocycles. The monoisotopic (exact) mass is 422 g/mol. The number of esters is 1. The van der Waals surface area contributed by atoms with Crippen molar-refractivity contribution in [3.63, 3.8) is 0 Å². The number of carbonyl (C=O) groups is 1. The number of fused-ring (bicyclic) bond motifs is 1. The van der Waals surface area contributed by atoms with Crippen molar-refractivity contribution in [2.24, 2.45) is 22.7 Å². The lowest BCUT2D eigenvalue weighted by molar-refractivity contribution is -0.152. The van der Waals surface area contributed by atoms with Gasteiger partial charge in [-0.25, -0.2) is 0 Å². The molecule has 1 N–H and O–H groups in total. The average molecular weight is 423 g/mol. The van der Waals surface area contributed by atoms with E-state index in [1.54, 1.807) is 0 Å². The van der Waals surface area contributed by atoms with Crippen molar-refractivity contribution in [2.75, 3.05) is 7.11 Å². The second kappa shape index (κ2) is 7.49. The summed E-state index contributed by atoms with van der Waals surface area (Å²) in [6.45, 7) is 18.1. The molecule has 0 aromatic heterocycles. The predicted molar refractivity (Wildman–Crippen MR) is 119 cm³/mol. The SMILES string of the molecule is C=C1C[C@@]23CC[C@H](O[Si](C)(C)C(C)(C)C)[C@@](C)(CCC(=O)OC)[C@@H]2C[C@@H](O)[C@@H]1C3. The summed E-state index contributed by atoms with van der Waals surface area (Å²) in [6, 6.07) is 0. The molecule has 0 saturated heterocycles. The first-order valence-electron chi connectivity index (χ1n) is 11.4. The number of rotatable bonds is 5. The summed E-state index contributed by atoms with van der Waals surface area (Å²) in [6.07, 6.45) is 6.06. The maximum absolute atomic E-state index is 12.1. The smallest absolute Gasteiger partial charge is 0.305 e. The molecular weight excluding hydrogens is 380 g/mol. The zero-order valence-corrected chi connectivity index (χ0v) is 20.6. The molecule has 5 heteroatoms. The number of aliphatic hydroxyl groups excluding tert-OH is 1. The van der Waals surface area contributed by atoms with E-state index in [-0.39, 0.29) is 40.0 Å². The molecule has 6 atom stereocenters. The summed E-state index contributed by atoms with van der Waals surface area (Å²) in [4.78, 5) is 12.1. The summed E-state index contributed by atoms with van der Waals surface area (Å²) in [5, 5.41) is 11.1. The topological polar surface area (TPSA) is 55.8 Å². The second-order valence-corrected chi connectivity index (χ2v) is 16.6. The lowest BCUT2D eigenvalue weighted by atomic mass is 9.49. The molecule has 0 aliphatic heterocycles. The van der Waals surface area contributed by atoms with Crippen molar-refractivity contribution in [2.45, 2.75) is 103 Å².